The van der Waals surface area contributed by atoms with E-state index in [4.69, 9.17) is 16.1 Å². The van der Waals surface area contributed by atoms with E-state index in [1.54, 1.807) is 6.92 Å². The van der Waals surface area contributed by atoms with Gasteiger partial charge in [-0.05, 0) is 31.2 Å². The van der Waals surface area contributed by atoms with E-state index in [1.807, 2.05) is 0 Å². The van der Waals surface area contributed by atoms with Crippen molar-refractivity contribution in [2.75, 3.05) is 10.0 Å². The van der Waals surface area contributed by atoms with E-state index in [9.17, 15) is 13.2 Å². The summed E-state index contributed by atoms with van der Waals surface area (Å²) >= 11 is 5.98. The van der Waals surface area contributed by atoms with Crippen LogP contribution in [-0.4, -0.2) is 24.5 Å². The maximum Gasteiger partial charge on any atom is 0.263 e. The van der Waals surface area contributed by atoms with Gasteiger partial charge in [0.2, 0.25) is 5.91 Å². The molecule has 10 heteroatoms. The van der Waals surface area contributed by atoms with Crippen LogP contribution in [0.3, 0.4) is 0 Å². The molecule has 3 rings (SSSR count). The summed E-state index contributed by atoms with van der Waals surface area (Å²) in [5, 5.41) is 7.08. The number of nitrogens with zero attached hydrogens (tertiary/aromatic N) is 2. The average molecular weight is 381 g/mol. The van der Waals surface area contributed by atoms with Gasteiger partial charge in [0.1, 0.15) is 4.90 Å². The van der Waals surface area contributed by atoms with Crippen molar-refractivity contribution in [2.45, 2.75) is 18.7 Å². The van der Waals surface area contributed by atoms with Crippen LogP contribution in [0.5, 0.6) is 0 Å². The number of nitrogens with one attached hydrogen (secondary N) is 2. The lowest BCUT2D eigenvalue weighted by molar-refractivity contribution is -0.114. The second-order valence-electron chi connectivity index (χ2n) is 5.27. The van der Waals surface area contributed by atoms with Crippen molar-refractivity contribution < 1.29 is 17.7 Å². The minimum Gasteiger partial charge on any atom is -0.336 e. The van der Waals surface area contributed by atoms with Crippen molar-refractivity contribution in [1.82, 2.24) is 10.1 Å². The maximum atomic E-state index is 12.6. The summed E-state index contributed by atoms with van der Waals surface area (Å²) in [6.45, 7) is 3.02. The summed E-state index contributed by atoms with van der Waals surface area (Å²) in [6.07, 6.45) is 1.18. The third kappa shape index (κ3) is 3.57. The predicted molar refractivity (Wildman–Crippen MR) is 93.1 cm³/mol. The summed E-state index contributed by atoms with van der Waals surface area (Å²) in [5.74, 6) is -0.320. The Balaban J connectivity index is 1.95. The Morgan fingerprint density at radius 2 is 2.04 bits per heavy atom. The summed E-state index contributed by atoms with van der Waals surface area (Å²) < 4.78 is 32.5. The number of hydrogen-bond acceptors (Lipinski definition) is 6. The number of aryl methyl sites for hydroxylation is 1. The number of hydrogen-bond donors (Lipinski definition) is 2. The Kier molecular flexibility index (Phi) is 4.36. The number of fused-ring (bicyclic) bond motifs is 1. The number of carbonyl (C=O) groups excluding carboxylic acids is 1. The first-order chi connectivity index (χ1) is 11.8. The molecule has 0 radical (unpaired) electrons. The molecule has 0 saturated carbocycles. The summed E-state index contributed by atoms with van der Waals surface area (Å²) in [7, 11) is -3.90. The van der Waals surface area contributed by atoms with Crippen molar-refractivity contribution in [1.29, 1.82) is 0 Å². The highest BCUT2D eigenvalue weighted by Gasteiger charge is 2.18. The van der Waals surface area contributed by atoms with Crippen LogP contribution in [0.15, 0.2) is 39.9 Å². The molecule has 2 N–H and O–H groups in total. The molecule has 1 aromatic carbocycles. The van der Waals surface area contributed by atoms with E-state index in [1.165, 1.54) is 37.4 Å². The molecule has 0 spiro atoms. The molecule has 0 unspecified atom stereocenters. The first-order valence-electron chi connectivity index (χ1n) is 7.08. The second-order valence-corrected chi connectivity index (χ2v) is 7.36. The fourth-order valence-corrected chi connectivity index (χ4v) is 3.35. The summed E-state index contributed by atoms with van der Waals surface area (Å²) in [5.41, 5.74) is 1.35. The van der Waals surface area contributed by atoms with Gasteiger partial charge >= 0.3 is 0 Å². The molecule has 8 nitrogen and oxygen atoms in total. The van der Waals surface area contributed by atoms with E-state index in [2.05, 4.69) is 20.2 Å². The van der Waals surface area contributed by atoms with Crippen molar-refractivity contribution in [3.63, 3.8) is 0 Å². The molecule has 0 saturated heterocycles. The van der Waals surface area contributed by atoms with Crippen molar-refractivity contribution in [2.24, 2.45) is 0 Å². The molecule has 0 aliphatic heterocycles. The number of carbonyl (C=O) groups is 1. The summed E-state index contributed by atoms with van der Waals surface area (Å²) in [6, 6.07) is 5.83. The Morgan fingerprint density at radius 3 is 2.76 bits per heavy atom. The van der Waals surface area contributed by atoms with Gasteiger partial charge in [-0.3, -0.25) is 9.52 Å². The molecule has 0 fully saturated rings. The number of anilines is 2. The van der Waals surface area contributed by atoms with Gasteiger partial charge in [0, 0.05) is 6.92 Å². The number of rotatable bonds is 4. The van der Waals surface area contributed by atoms with Gasteiger partial charge in [-0.15, -0.1) is 0 Å². The van der Waals surface area contributed by atoms with Crippen LogP contribution in [0.4, 0.5) is 11.4 Å². The topological polar surface area (TPSA) is 114 Å². The summed E-state index contributed by atoms with van der Waals surface area (Å²) in [4.78, 5) is 15.1. The Morgan fingerprint density at radius 1 is 1.28 bits per heavy atom. The number of halogens is 1. The molecule has 25 heavy (non-hydrogen) atoms. The van der Waals surface area contributed by atoms with E-state index in [-0.39, 0.29) is 22.2 Å². The lowest BCUT2D eigenvalue weighted by Crippen LogP contribution is -2.14. The van der Waals surface area contributed by atoms with Crippen LogP contribution in [0.25, 0.3) is 11.1 Å². The normalized spacial score (nSPS) is 11.5. The van der Waals surface area contributed by atoms with Gasteiger partial charge in [-0.25, -0.2) is 13.4 Å². The second kappa shape index (κ2) is 6.34. The van der Waals surface area contributed by atoms with Crippen LogP contribution < -0.4 is 10.0 Å². The first-order valence-corrected chi connectivity index (χ1v) is 8.94. The van der Waals surface area contributed by atoms with E-state index in [0.717, 1.165) is 0 Å². The quantitative estimate of drug-likeness (QED) is 0.719. The lowest BCUT2D eigenvalue weighted by Gasteiger charge is -2.11. The minimum absolute atomic E-state index is 0.0395. The van der Waals surface area contributed by atoms with Gasteiger partial charge in [0.15, 0.2) is 0 Å². The highest BCUT2D eigenvalue weighted by atomic mass is 35.5. The molecule has 0 bridgehead atoms. The Hall–Kier alpha value is -2.65. The predicted octanol–water partition coefficient (Wildman–Crippen LogP) is 2.94. The third-order valence-electron chi connectivity index (χ3n) is 3.32. The number of pyridine rings is 1. The van der Waals surface area contributed by atoms with E-state index in [0.29, 0.717) is 21.8 Å². The van der Waals surface area contributed by atoms with Crippen LogP contribution in [0.2, 0.25) is 5.02 Å². The SMILES string of the molecule is CC(=O)Nc1cc(NS(=O)(=O)c2cnc3onc(C)c3c2)ccc1Cl. The Bertz CT molecular complexity index is 1080. The van der Waals surface area contributed by atoms with Crippen molar-refractivity contribution in [3.05, 3.63) is 41.2 Å². The Labute approximate surface area is 148 Å². The van der Waals surface area contributed by atoms with Gasteiger partial charge in [0.05, 0.1) is 33.7 Å². The lowest BCUT2D eigenvalue weighted by atomic mass is 10.3. The number of benzene rings is 1. The molecule has 1 amide bonds. The zero-order chi connectivity index (χ0) is 18.2. The third-order valence-corrected chi connectivity index (χ3v) is 5.00. The standard InChI is InChI=1S/C15H13ClN4O4S/c1-8-12-6-11(7-17-15(12)24-19-8)25(22,23)20-10-3-4-13(16)14(5-10)18-9(2)21/h3-7,20H,1-2H3,(H,18,21). The monoisotopic (exact) mass is 380 g/mol. The van der Waals surface area contributed by atoms with E-state index < -0.39 is 10.0 Å². The van der Waals surface area contributed by atoms with Crippen molar-refractivity contribution >= 4 is 50.0 Å². The highest BCUT2D eigenvalue weighted by molar-refractivity contribution is 7.92. The molecule has 3 aromatic rings. The molecule has 0 atom stereocenters. The molecule has 0 aliphatic rings. The smallest absolute Gasteiger partial charge is 0.263 e. The fraction of sp³-hybridized carbons (Fsp3) is 0.133. The molecular weight excluding hydrogens is 368 g/mol. The largest absolute Gasteiger partial charge is 0.336 e. The molecular formula is C15H13ClN4O4S. The van der Waals surface area contributed by atoms with Crippen LogP contribution in [0, 0.1) is 6.92 Å². The van der Waals surface area contributed by atoms with Gasteiger partial charge in [0.25, 0.3) is 15.7 Å². The molecule has 2 aromatic heterocycles. The molecule has 2 heterocycles. The number of amides is 1. The number of sulfonamides is 1. The van der Waals surface area contributed by atoms with Gasteiger partial charge in [-0.1, -0.05) is 16.8 Å². The highest BCUT2D eigenvalue weighted by Crippen LogP contribution is 2.27. The number of aromatic nitrogens is 2. The average Bonchev–Trinajstić information content (AvgIpc) is 2.91. The van der Waals surface area contributed by atoms with Crippen LogP contribution in [-0.2, 0) is 14.8 Å². The minimum atomic E-state index is -3.90. The molecule has 0 aliphatic carbocycles. The van der Waals surface area contributed by atoms with Crippen LogP contribution >= 0.6 is 11.6 Å². The van der Waals surface area contributed by atoms with E-state index >= 15 is 0 Å². The zero-order valence-electron chi connectivity index (χ0n) is 13.2. The zero-order valence-corrected chi connectivity index (χ0v) is 14.8. The van der Waals surface area contributed by atoms with Gasteiger partial charge < -0.3 is 9.84 Å². The van der Waals surface area contributed by atoms with Crippen molar-refractivity contribution in [3.8, 4) is 0 Å². The molecule has 130 valence electrons. The first kappa shape index (κ1) is 17.2. The maximum absolute atomic E-state index is 12.6. The fourth-order valence-electron chi connectivity index (χ4n) is 2.16. The van der Waals surface area contributed by atoms with Crippen LogP contribution in [0.1, 0.15) is 12.6 Å². The van der Waals surface area contributed by atoms with Gasteiger partial charge in [-0.2, -0.15) is 0 Å².